The van der Waals surface area contributed by atoms with Gasteiger partial charge in [-0.2, -0.15) is 0 Å². The third-order valence-corrected chi connectivity index (χ3v) is 2.26. The molecule has 18 heavy (non-hydrogen) atoms. The van der Waals surface area contributed by atoms with Crippen LogP contribution in [0.2, 0.25) is 0 Å². The third kappa shape index (κ3) is 2.24. The number of anilines is 1. The van der Waals surface area contributed by atoms with Crippen LogP contribution in [0.25, 0.3) is 0 Å². The molecule has 1 heterocycles. The molecule has 0 spiro atoms. The Morgan fingerprint density at radius 2 is 2.11 bits per heavy atom. The van der Waals surface area contributed by atoms with Crippen LogP contribution in [0.1, 0.15) is 6.92 Å². The van der Waals surface area contributed by atoms with Crippen LogP contribution in [-0.4, -0.2) is 17.6 Å². The second kappa shape index (κ2) is 4.74. The molecule has 2 rings (SSSR count). The molecule has 1 aliphatic rings. The molecule has 0 radical (unpaired) electrons. The van der Waals surface area contributed by atoms with Crippen molar-refractivity contribution in [3.63, 3.8) is 0 Å². The van der Waals surface area contributed by atoms with Crippen molar-refractivity contribution in [1.82, 2.24) is 0 Å². The van der Waals surface area contributed by atoms with Gasteiger partial charge >= 0.3 is 0 Å². The average Bonchev–Trinajstić information content (AvgIpc) is 2.74. The molecule has 0 bridgehead atoms. The predicted molar refractivity (Wildman–Crippen MR) is 62.7 cm³/mol. The van der Waals surface area contributed by atoms with E-state index in [4.69, 9.17) is 9.47 Å². The molecule has 1 aromatic carbocycles. The van der Waals surface area contributed by atoms with Crippen molar-refractivity contribution >= 4 is 17.3 Å². The molecule has 1 N–H and O–H groups in total. The number of amides is 1. The van der Waals surface area contributed by atoms with Crippen molar-refractivity contribution in [3.05, 3.63) is 34.4 Å². The van der Waals surface area contributed by atoms with Gasteiger partial charge in [-0.05, 0) is 13.0 Å². The van der Waals surface area contributed by atoms with Crippen LogP contribution in [0, 0.1) is 10.1 Å². The van der Waals surface area contributed by atoms with Gasteiger partial charge in [0, 0.05) is 6.07 Å². The van der Waals surface area contributed by atoms with Gasteiger partial charge in [-0.15, -0.1) is 0 Å². The average molecular weight is 250 g/mol. The zero-order valence-corrected chi connectivity index (χ0v) is 9.50. The first-order valence-corrected chi connectivity index (χ1v) is 5.13. The summed E-state index contributed by atoms with van der Waals surface area (Å²) in [4.78, 5) is 21.7. The molecule has 94 valence electrons. The van der Waals surface area contributed by atoms with Crippen molar-refractivity contribution in [2.75, 3.05) is 12.1 Å². The fourth-order valence-corrected chi connectivity index (χ4v) is 1.51. The van der Waals surface area contributed by atoms with Gasteiger partial charge in [-0.25, -0.2) is 0 Å². The van der Waals surface area contributed by atoms with Crippen molar-refractivity contribution in [1.29, 1.82) is 0 Å². The molecule has 1 aliphatic heterocycles. The lowest BCUT2D eigenvalue weighted by Gasteiger charge is -2.05. The largest absolute Gasteiger partial charge is 0.454 e. The van der Waals surface area contributed by atoms with Gasteiger partial charge in [0.25, 0.3) is 5.69 Å². The molecule has 7 heteroatoms. The molecular weight excluding hydrogens is 240 g/mol. The highest BCUT2D eigenvalue weighted by Gasteiger charge is 2.23. The molecule has 1 amide bonds. The monoisotopic (exact) mass is 250 g/mol. The summed E-state index contributed by atoms with van der Waals surface area (Å²) in [5.41, 5.74) is -0.163. The maximum atomic E-state index is 11.4. The number of rotatable bonds is 3. The van der Waals surface area contributed by atoms with Crippen molar-refractivity contribution < 1.29 is 19.2 Å². The molecule has 0 aliphatic carbocycles. The minimum absolute atomic E-state index is 0.0126. The van der Waals surface area contributed by atoms with E-state index in [-0.39, 0.29) is 18.2 Å². The zero-order chi connectivity index (χ0) is 13.1. The van der Waals surface area contributed by atoms with E-state index in [2.05, 4.69) is 5.32 Å². The first-order valence-electron chi connectivity index (χ1n) is 5.13. The first kappa shape index (κ1) is 11.9. The Kier molecular flexibility index (Phi) is 3.13. The summed E-state index contributed by atoms with van der Waals surface area (Å²) in [5.74, 6) is 0.224. The maximum Gasteiger partial charge on any atom is 0.296 e. The Morgan fingerprint density at radius 3 is 2.72 bits per heavy atom. The van der Waals surface area contributed by atoms with E-state index in [0.29, 0.717) is 11.5 Å². The third-order valence-electron chi connectivity index (χ3n) is 2.26. The smallest absolute Gasteiger partial charge is 0.296 e. The van der Waals surface area contributed by atoms with Crippen LogP contribution in [0.15, 0.2) is 24.3 Å². The summed E-state index contributed by atoms with van der Waals surface area (Å²) in [6, 6.07) is 2.61. The van der Waals surface area contributed by atoms with E-state index < -0.39 is 10.8 Å². The summed E-state index contributed by atoms with van der Waals surface area (Å²) in [6.45, 7) is 1.69. The summed E-state index contributed by atoms with van der Waals surface area (Å²) in [5, 5.41) is 13.3. The Balaban J connectivity index is 2.38. The molecule has 0 aromatic heterocycles. The SMILES string of the molecule is CC=CC(=O)Nc1cc2c(cc1[N+](=O)[O-])OCO2. The second-order valence-corrected chi connectivity index (χ2v) is 3.47. The Morgan fingerprint density at radius 1 is 1.44 bits per heavy atom. The van der Waals surface area contributed by atoms with Crippen molar-refractivity contribution in [2.45, 2.75) is 6.92 Å². The van der Waals surface area contributed by atoms with Gasteiger partial charge < -0.3 is 14.8 Å². The maximum absolute atomic E-state index is 11.4. The number of hydrogen-bond acceptors (Lipinski definition) is 5. The summed E-state index contributed by atoms with van der Waals surface area (Å²) in [6.07, 6.45) is 2.81. The van der Waals surface area contributed by atoms with E-state index in [1.54, 1.807) is 6.92 Å². The fourth-order valence-electron chi connectivity index (χ4n) is 1.51. The Bertz CT molecular complexity index is 538. The number of allylic oxidation sites excluding steroid dienone is 1. The molecule has 0 saturated carbocycles. The number of nitrogens with zero attached hydrogens (tertiary/aromatic N) is 1. The number of carbonyl (C=O) groups is 1. The summed E-state index contributed by atoms with van der Waals surface area (Å²) in [7, 11) is 0. The van der Waals surface area contributed by atoms with Crippen LogP contribution in [0.5, 0.6) is 11.5 Å². The lowest BCUT2D eigenvalue weighted by atomic mass is 10.2. The van der Waals surface area contributed by atoms with Crippen LogP contribution in [0.3, 0.4) is 0 Å². The zero-order valence-electron chi connectivity index (χ0n) is 9.50. The van der Waals surface area contributed by atoms with Crippen LogP contribution < -0.4 is 14.8 Å². The molecule has 0 saturated heterocycles. The standard InChI is InChI=1S/C11H10N2O5/c1-2-3-11(14)12-7-4-9-10(18-6-17-9)5-8(7)13(15)16/h2-5H,6H2,1H3,(H,12,14). The normalized spacial score (nSPS) is 12.7. The van der Waals surface area contributed by atoms with Crippen LogP contribution in [0.4, 0.5) is 11.4 Å². The highest BCUT2D eigenvalue weighted by atomic mass is 16.7. The Hall–Kier alpha value is -2.57. The van der Waals surface area contributed by atoms with Gasteiger partial charge in [-0.1, -0.05) is 6.08 Å². The second-order valence-electron chi connectivity index (χ2n) is 3.47. The molecule has 1 aromatic rings. The van der Waals surface area contributed by atoms with Crippen molar-refractivity contribution in [2.24, 2.45) is 0 Å². The number of fused-ring (bicyclic) bond motifs is 1. The highest BCUT2D eigenvalue weighted by Crippen LogP contribution is 2.40. The lowest BCUT2D eigenvalue weighted by Crippen LogP contribution is -2.09. The van der Waals surface area contributed by atoms with E-state index >= 15 is 0 Å². The summed E-state index contributed by atoms with van der Waals surface area (Å²) < 4.78 is 10.1. The minimum atomic E-state index is -0.590. The predicted octanol–water partition coefficient (Wildman–Crippen LogP) is 1.84. The van der Waals surface area contributed by atoms with Gasteiger partial charge in [-0.3, -0.25) is 14.9 Å². The van der Waals surface area contributed by atoms with E-state index in [0.717, 1.165) is 0 Å². The molecule has 7 nitrogen and oxygen atoms in total. The number of carbonyl (C=O) groups excluding carboxylic acids is 1. The van der Waals surface area contributed by atoms with Gasteiger partial charge in [0.2, 0.25) is 12.7 Å². The fraction of sp³-hybridized carbons (Fsp3) is 0.182. The van der Waals surface area contributed by atoms with Gasteiger partial charge in [0.1, 0.15) is 5.69 Å². The highest BCUT2D eigenvalue weighted by molar-refractivity contribution is 6.01. The number of nitro groups is 1. The molecule has 0 unspecified atom stereocenters. The lowest BCUT2D eigenvalue weighted by molar-refractivity contribution is -0.384. The van der Waals surface area contributed by atoms with Gasteiger partial charge in [0.05, 0.1) is 11.0 Å². The van der Waals surface area contributed by atoms with Gasteiger partial charge in [0.15, 0.2) is 11.5 Å². The number of hydrogen-bond donors (Lipinski definition) is 1. The quantitative estimate of drug-likeness (QED) is 0.502. The number of benzene rings is 1. The topological polar surface area (TPSA) is 90.7 Å². The van der Waals surface area contributed by atoms with E-state index in [1.807, 2.05) is 0 Å². The minimum Gasteiger partial charge on any atom is -0.454 e. The molecular formula is C11H10N2O5. The number of nitro benzene ring substituents is 1. The molecule has 0 fully saturated rings. The van der Waals surface area contributed by atoms with E-state index in [1.165, 1.54) is 24.3 Å². The van der Waals surface area contributed by atoms with Crippen LogP contribution in [-0.2, 0) is 4.79 Å². The van der Waals surface area contributed by atoms with Crippen molar-refractivity contribution in [3.8, 4) is 11.5 Å². The van der Waals surface area contributed by atoms with Crippen LogP contribution >= 0.6 is 0 Å². The number of ether oxygens (including phenoxy) is 2. The van der Waals surface area contributed by atoms with E-state index in [9.17, 15) is 14.9 Å². The number of nitrogens with one attached hydrogen (secondary N) is 1. The molecule has 0 atom stereocenters. The first-order chi connectivity index (χ1) is 8.61. The Labute approximate surface area is 102 Å². The summed E-state index contributed by atoms with van der Waals surface area (Å²) >= 11 is 0.